The smallest absolute Gasteiger partial charge is 0.310 e. The molecular formula is C27H26N3O6PS2. The molecule has 1 atom stereocenters. The third-order valence-corrected chi connectivity index (χ3v) is 7.24. The second-order valence-electron chi connectivity index (χ2n) is 8.17. The number of nitro groups is 1. The van der Waals surface area contributed by atoms with Crippen molar-refractivity contribution >= 4 is 58.8 Å². The third-order valence-electron chi connectivity index (χ3n) is 5.16. The standard InChI is InChI=1S/C27H26N3O6PS2/c1-20(31)28-23-10-14-25(15-11-23)36-37(38,39)35-18-17-29(2)24-12-7-21(8-13-24)5-3-4-6-22-9-16-26(30(33)34)27(32)19-22/h4,6-16,19,32H,17-18H2,1-2H3,(H,28,31)(H,38,39)/b6-4+. The van der Waals surface area contributed by atoms with Crippen LogP contribution in [0.1, 0.15) is 18.1 Å². The first-order valence-electron chi connectivity index (χ1n) is 11.5. The number of benzene rings is 3. The molecule has 0 heterocycles. The van der Waals surface area contributed by atoms with Crippen LogP contribution in [0.5, 0.6) is 11.5 Å². The number of carbonyl (C=O) groups is 1. The molecule has 3 rings (SSSR count). The number of nitrogens with zero attached hydrogens (tertiary/aromatic N) is 2. The molecule has 1 unspecified atom stereocenters. The number of phenols is 1. The summed E-state index contributed by atoms with van der Waals surface area (Å²) in [6, 6.07) is 18.6. The van der Waals surface area contributed by atoms with Gasteiger partial charge < -0.3 is 24.4 Å². The zero-order chi connectivity index (χ0) is 28.4. The molecule has 0 saturated carbocycles. The number of anilines is 2. The molecule has 12 heteroatoms. The molecular weight excluding hydrogens is 557 g/mol. The van der Waals surface area contributed by atoms with Gasteiger partial charge in [-0.15, -0.1) is 0 Å². The fraction of sp³-hybridized carbons (Fsp3) is 0.148. The van der Waals surface area contributed by atoms with Crippen LogP contribution in [0.2, 0.25) is 0 Å². The Morgan fingerprint density at radius 2 is 1.90 bits per heavy atom. The van der Waals surface area contributed by atoms with E-state index in [9.17, 15) is 20.0 Å². The Labute approximate surface area is 236 Å². The number of nitrogens with one attached hydrogen (secondary N) is 1. The number of likely N-dealkylation sites (N-methyl/N-ethyl adjacent to an activating group) is 1. The summed E-state index contributed by atoms with van der Waals surface area (Å²) in [5.41, 5.74) is -0.133. The highest BCUT2D eigenvalue weighted by Crippen LogP contribution is 2.53. The first-order chi connectivity index (χ1) is 18.5. The Morgan fingerprint density at radius 3 is 2.51 bits per heavy atom. The van der Waals surface area contributed by atoms with Crippen molar-refractivity contribution in [1.29, 1.82) is 0 Å². The number of thiol groups is 1. The molecule has 0 fully saturated rings. The number of allylic oxidation sites excluding steroid dienone is 1. The highest BCUT2D eigenvalue weighted by Gasteiger charge is 2.16. The Balaban J connectivity index is 1.47. The van der Waals surface area contributed by atoms with Crippen molar-refractivity contribution in [3.8, 4) is 23.3 Å². The topological polar surface area (TPSA) is 114 Å². The van der Waals surface area contributed by atoms with Crippen LogP contribution in [0.25, 0.3) is 6.08 Å². The molecule has 0 radical (unpaired) electrons. The van der Waals surface area contributed by atoms with Gasteiger partial charge in [-0.25, -0.2) is 0 Å². The van der Waals surface area contributed by atoms with Gasteiger partial charge in [0.2, 0.25) is 5.91 Å². The summed E-state index contributed by atoms with van der Waals surface area (Å²) in [5, 5.41) is 23.2. The van der Waals surface area contributed by atoms with Crippen molar-refractivity contribution in [2.45, 2.75) is 6.92 Å². The number of nitro benzene ring substituents is 1. The highest BCUT2D eigenvalue weighted by atomic mass is 32.9. The van der Waals surface area contributed by atoms with E-state index in [1.165, 1.54) is 25.1 Å². The summed E-state index contributed by atoms with van der Waals surface area (Å²) in [5.74, 6) is 5.88. The maximum absolute atomic E-state index is 11.1. The van der Waals surface area contributed by atoms with Crippen LogP contribution in [0.15, 0.2) is 72.8 Å². The lowest BCUT2D eigenvalue weighted by molar-refractivity contribution is -0.385. The minimum atomic E-state index is -2.82. The minimum absolute atomic E-state index is 0.158. The van der Waals surface area contributed by atoms with Gasteiger partial charge in [0.25, 0.3) is 5.69 Å². The van der Waals surface area contributed by atoms with Gasteiger partial charge in [-0.1, -0.05) is 24.1 Å². The summed E-state index contributed by atoms with van der Waals surface area (Å²) in [6.45, 7) is 2.30. The van der Waals surface area contributed by atoms with E-state index in [1.54, 1.807) is 36.4 Å². The van der Waals surface area contributed by atoms with Gasteiger partial charge in [0.05, 0.1) is 11.5 Å². The lowest BCUT2D eigenvalue weighted by Crippen LogP contribution is -2.22. The van der Waals surface area contributed by atoms with Crippen LogP contribution in [0.3, 0.4) is 0 Å². The fourth-order valence-corrected chi connectivity index (χ4v) is 5.01. The van der Waals surface area contributed by atoms with Crippen LogP contribution in [0, 0.1) is 22.0 Å². The maximum atomic E-state index is 11.1. The molecule has 0 aliphatic heterocycles. The average molecular weight is 584 g/mol. The molecule has 0 aliphatic rings. The van der Waals surface area contributed by atoms with Crippen LogP contribution in [0.4, 0.5) is 17.1 Å². The number of rotatable bonds is 10. The SMILES string of the molecule is CC(=O)Nc1ccc(OP(=S)(S)OCCN(C)c2ccc(C#C/C=C/c3ccc([N+](=O)[O-])c(O)c3)cc2)cc1. The predicted molar refractivity (Wildman–Crippen MR) is 161 cm³/mol. The first-order valence-corrected chi connectivity index (χ1v) is 15.3. The molecule has 0 aromatic heterocycles. The van der Waals surface area contributed by atoms with Crippen molar-refractivity contribution < 1.29 is 23.9 Å². The van der Waals surface area contributed by atoms with E-state index in [0.717, 1.165) is 11.3 Å². The van der Waals surface area contributed by atoms with Crippen molar-refractivity contribution in [2.24, 2.45) is 0 Å². The van der Waals surface area contributed by atoms with E-state index in [1.807, 2.05) is 36.2 Å². The molecule has 9 nitrogen and oxygen atoms in total. The van der Waals surface area contributed by atoms with Gasteiger partial charge in [-0.2, -0.15) is 0 Å². The fourth-order valence-electron chi connectivity index (χ4n) is 3.24. The van der Waals surface area contributed by atoms with Crippen molar-refractivity contribution in [1.82, 2.24) is 0 Å². The predicted octanol–water partition coefficient (Wildman–Crippen LogP) is 6.01. The summed E-state index contributed by atoms with van der Waals surface area (Å²) >= 11 is 9.80. The number of carbonyl (C=O) groups excluding carboxylic acids is 1. The van der Waals surface area contributed by atoms with Gasteiger partial charge in [-0.3, -0.25) is 14.9 Å². The summed E-state index contributed by atoms with van der Waals surface area (Å²) in [4.78, 5) is 23.3. The molecule has 0 bridgehead atoms. The average Bonchev–Trinajstić information content (AvgIpc) is 2.87. The summed E-state index contributed by atoms with van der Waals surface area (Å²) in [7, 11) is 1.93. The van der Waals surface area contributed by atoms with Crippen LogP contribution >= 0.6 is 17.9 Å². The quantitative estimate of drug-likeness (QED) is 0.0875. The van der Waals surface area contributed by atoms with E-state index in [-0.39, 0.29) is 11.6 Å². The normalized spacial score (nSPS) is 12.2. The largest absolute Gasteiger partial charge is 0.502 e. The molecule has 0 aliphatic carbocycles. The number of hydrogen-bond acceptors (Lipinski definition) is 8. The van der Waals surface area contributed by atoms with Gasteiger partial charge >= 0.3 is 5.69 Å². The second kappa shape index (κ2) is 13.8. The number of aromatic hydroxyl groups is 1. The Bertz CT molecular complexity index is 1470. The monoisotopic (exact) mass is 583 g/mol. The molecule has 202 valence electrons. The van der Waals surface area contributed by atoms with E-state index in [4.69, 9.17) is 20.9 Å². The Hall–Kier alpha value is -3.81. The summed E-state index contributed by atoms with van der Waals surface area (Å²) in [6.07, 6.45) is 3.27. The molecule has 3 aromatic rings. The van der Waals surface area contributed by atoms with E-state index in [0.29, 0.717) is 30.2 Å². The maximum Gasteiger partial charge on any atom is 0.310 e. The Morgan fingerprint density at radius 1 is 1.21 bits per heavy atom. The van der Waals surface area contributed by atoms with E-state index in [2.05, 4.69) is 29.4 Å². The second-order valence-corrected chi connectivity index (χ2v) is 13.4. The Kier molecular flexibility index (Phi) is 10.5. The minimum Gasteiger partial charge on any atom is -0.502 e. The number of phenolic OH excluding ortho intramolecular Hbond substituents is 1. The van der Waals surface area contributed by atoms with Crippen LogP contribution in [-0.2, 0) is 21.1 Å². The molecule has 0 spiro atoms. The lowest BCUT2D eigenvalue weighted by atomic mass is 10.1. The molecule has 3 aromatic carbocycles. The van der Waals surface area contributed by atoms with Crippen molar-refractivity contribution in [3.05, 3.63) is 94.0 Å². The van der Waals surface area contributed by atoms with Crippen LogP contribution in [-0.4, -0.2) is 36.1 Å². The van der Waals surface area contributed by atoms with Gasteiger partial charge in [0.15, 0.2) is 5.75 Å². The zero-order valence-electron chi connectivity index (χ0n) is 21.1. The third kappa shape index (κ3) is 9.78. The summed E-state index contributed by atoms with van der Waals surface area (Å²) < 4.78 is 11.5. The first kappa shape index (κ1) is 29.7. The number of amides is 1. The molecule has 2 N–H and O–H groups in total. The zero-order valence-corrected chi connectivity index (χ0v) is 23.7. The van der Waals surface area contributed by atoms with Gasteiger partial charge in [0, 0.05) is 43.5 Å². The van der Waals surface area contributed by atoms with Crippen molar-refractivity contribution in [2.75, 3.05) is 30.4 Å². The highest BCUT2D eigenvalue weighted by molar-refractivity contribution is 8.60. The van der Waals surface area contributed by atoms with E-state index >= 15 is 0 Å². The molecule has 39 heavy (non-hydrogen) atoms. The lowest BCUT2D eigenvalue weighted by Gasteiger charge is -2.22. The molecule has 1 amide bonds. The van der Waals surface area contributed by atoms with E-state index < -0.39 is 16.4 Å². The van der Waals surface area contributed by atoms with Gasteiger partial charge in [0.1, 0.15) is 5.75 Å². The number of hydrogen-bond donors (Lipinski definition) is 3. The van der Waals surface area contributed by atoms with Gasteiger partial charge in [-0.05, 0) is 90.2 Å². The van der Waals surface area contributed by atoms with Crippen molar-refractivity contribution in [3.63, 3.8) is 0 Å². The molecule has 0 saturated heterocycles. The van der Waals surface area contributed by atoms with Crippen LogP contribution < -0.4 is 14.7 Å².